The Morgan fingerprint density at radius 3 is 2.53 bits per heavy atom. The standard InChI is InChI=1S/C17H12ClF3N4O3S2/c1-9-3-2-4-10(7-9)14(26)22-15-23-24-16(29-15)30(27,28)25-13-8-11(17(19,20)21)5-6-12(13)18/h2-8,25H,1H3,(H,22,23,26). The summed E-state index contributed by atoms with van der Waals surface area (Å²) >= 11 is 6.34. The zero-order chi connectivity index (χ0) is 22.1. The van der Waals surface area contributed by atoms with Gasteiger partial charge in [-0.15, -0.1) is 10.2 Å². The van der Waals surface area contributed by atoms with Gasteiger partial charge in [0.15, 0.2) is 0 Å². The topological polar surface area (TPSA) is 101 Å². The molecular weight excluding hydrogens is 465 g/mol. The second-order valence-electron chi connectivity index (χ2n) is 5.99. The van der Waals surface area contributed by atoms with Crippen LogP contribution in [0.3, 0.4) is 0 Å². The van der Waals surface area contributed by atoms with Crippen molar-refractivity contribution in [2.24, 2.45) is 0 Å². The summed E-state index contributed by atoms with van der Waals surface area (Å²) < 4.78 is 64.9. The van der Waals surface area contributed by atoms with Gasteiger partial charge in [-0.05, 0) is 37.3 Å². The van der Waals surface area contributed by atoms with Crippen LogP contribution in [0.1, 0.15) is 21.5 Å². The molecule has 0 radical (unpaired) electrons. The summed E-state index contributed by atoms with van der Waals surface area (Å²) in [5.41, 5.74) is -0.353. The highest BCUT2D eigenvalue weighted by molar-refractivity contribution is 7.94. The van der Waals surface area contributed by atoms with E-state index in [0.29, 0.717) is 23.0 Å². The van der Waals surface area contributed by atoms with E-state index in [1.165, 1.54) is 0 Å². The molecule has 0 atom stereocenters. The van der Waals surface area contributed by atoms with Gasteiger partial charge < -0.3 is 0 Å². The Hall–Kier alpha value is -2.70. The number of alkyl halides is 3. The molecular formula is C17H12ClF3N4O3S2. The molecule has 0 aliphatic heterocycles. The van der Waals surface area contributed by atoms with Crippen molar-refractivity contribution in [3.05, 3.63) is 64.2 Å². The van der Waals surface area contributed by atoms with Crippen LogP contribution in [-0.4, -0.2) is 24.5 Å². The van der Waals surface area contributed by atoms with Gasteiger partial charge in [0.1, 0.15) is 0 Å². The number of carbonyl (C=O) groups excluding carboxylic acids is 1. The van der Waals surface area contributed by atoms with E-state index in [2.05, 4.69) is 15.5 Å². The number of anilines is 2. The molecule has 2 N–H and O–H groups in total. The number of hydrogen-bond acceptors (Lipinski definition) is 6. The summed E-state index contributed by atoms with van der Waals surface area (Å²) in [5.74, 6) is -0.521. The number of nitrogens with one attached hydrogen (secondary N) is 2. The third-order valence-corrected chi connectivity index (χ3v) is 6.58. The van der Waals surface area contributed by atoms with E-state index in [4.69, 9.17) is 11.6 Å². The second kappa shape index (κ2) is 8.20. The van der Waals surface area contributed by atoms with Crippen LogP contribution >= 0.6 is 22.9 Å². The Morgan fingerprint density at radius 2 is 1.87 bits per heavy atom. The van der Waals surface area contributed by atoms with Crippen molar-refractivity contribution in [2.45, 2.75) is 17.4 Å². The van der Waals surface area contributed by atoms with Crippen LogP contribution in [0.15, 0.2) is 46.8 Å². The highest BCUT2D eigenvalue weighted by atomic mass is 35.5. The fourth-order valence-corrected chi connectivity index (χ4v) is 4.48. The first-order valence-corrected chi connectivity index (χ1v) is 10.7. The monoisotopic (exact) mass is 476 g/mol. The van der Waals surface area contributed by atoms with Crippen LogP contribution in [0.4, 0.5) is 24.0 Å². The van der Waals surface area contributed by atoms with Gasteiger partial charge in [-0.2, -0.15) is 21.6 Å². The van der Waals surface area contributed by atoms with Crippen molar-refractivity contribution >= 4 is 49.7 Å². The average Bonchev–Trinajstić information content (AvgIpc) is 3.12. The molecule has 0 saturated heterocycles. The van der Waals surface area contributed by atoms with Gasteiger partial charge in [0, 0.05) is 5.56 Å². The van der Waals surface area contributed by atoms with Crippen molar-refractivity contribution in [3.63, 3.8) is 0 Å². The van der Waals surface area contributed by atoms with E-state index in [1.54, 1.807) is 31.2 Å². The average molecular weight is 477 g/mol. The molecule has 0 unspecified atom stereocenters. The third kappa shape index (κ3) is 5.07. The number of aryl methyl sites for hydroxylation is 1. The normalized spacial score (nSPS) is 11.9. The lowest BCUT2D eigenvalue weighted by Gasteiger charge is -2.11. The lowest BCUT2D eigenvalue weighted by Crippen LogP contribution is -2.14. The second-order valence-corrected chi connectivity index (χ2v) is 9.24. The Morgan fingerprint density at radius 1 is 1.13 bits per heavy atom. The van der Waals surface area contributed by atoms with Crippen molar-refractivity contribution in [1.29, 1.82) is 0 Å². The van der Waals surface area contributed by atoms with E-state index in [-0.39, 0.29) is 10.2 Å². The van der Waals surface area contributed by atoms with E-state index >= 15 is 0 Å². The molecule has 30 heavy (non-hydrogen) atoms. The number of amides is 1. The minimum atomic E-state index is -4.68. The molecule has 13 heteroatoms. The third-order valence-electron chi connectivity index (χ3n) is 3.68. The maximum Gasteiger partial charge on any atom is 0.416 e. The molecule has 7 nitrogen and oxygen atoms in total. The first kappa shape index (κ1) is 22.0. The molecule has 1 heterocycles. The minimum Gasteiger partial charge on any atom is -0.296 e. The molecule has 0 bridgehead atoms. The van der Waals surface area contributed by atoms with Crippen LogP contribution in [-0.2, 0) is 16.2 Å². The van der Waals surface area contributed by atoms with Crippen LogP contribution in [0.25, 0.3) is 0 Å². The van der Waals surface area contributed by atoms with Gasteiger partial charge in [0.05, 0.1) is 16.3 Å². The smallest absolute Gasteiger partial charge is 0.296 e. The SMILES string of the molecule is Cc1cccc(C(=O)Nc2nnc(S(=O)(=O)Nc3cc(C(F)(F)F)ccc3Cl)s2)c1. The zero-order valence-electron chi connectivity index (χ0n) is 15.0. The number of hydrogen-bond donors (Lipinski definition) is 2. The molecule has 1 aromatic heterocycles. The first-order valence-electron chi connectivity index (χ1n) is 8.07. The summed E-state index contributed by atoms with van der Waals surface area (Å²) in [7, 11) is -4.39. The van der Waals surface area contributed by atoms with E-state index < -0.39 is 37.7 Å². The van der Waals surface area contributed by atoms with E-state index in [1.807, 2.05) is 4.72 Å². The number of halogens is 4. The highest BCUT2D eigenvalue weighted by Gasteiger charge is 2.32. The maximum atomic E-state index is 12.9. The summed E-state index contributed by atoms with van der Waals surface area (Å²) in [4.78, 5) is 12.2. The quantitative estimate of drug-likeness (QED) is 0.525. The first-order chi connectivity index (χ1) is 14.0. The highest BCUT2D eigenvalue weighted by Crippen LogP contribution is 2.35. The predicted octanol–water partition coefficient (Wildman–Crippen LogP) is 4.57. The molecule has 0 aliphatic rings. The largest absolute Gasteiger partial charge is 0.416 e. The van der Waals surface area contributed by atoms with Crippen molar-refractivity contribution < 1.29 is 26.4 Å². The number of benzene rings is 2. The maximum absolute atomic E-state index is 12.9. The van der Waals surface area contributed by atoms with E-state index in [0.717, 1.165) is 17.7 Å². The molecule has 1 amide bonds. The van der Waals surface area contributed by atoms with Gasteiger partial charge in [0.2, 0.25) is 5.13 Å². The number of aromatic nitrogens is 2. The van der Waals surface area contributed by atoms with Crippen molar-refractivity contribution in [2.75, 3.05) is 10.0 Å². The summed E-state index contributed by atoms with van der Waals surface area (Å²) in [5, 5.41) is 9.17. The Balaban J connectivity index is 1.80. The van der Waals surface area contributed by atoms with Crippen LogP contribution < -0.4 is 10.0 Å². The Labute approximate surface area is 178 Å². The molecule has 0 saturated carbocycles. The molecule has 0 spiro atoms. The Kier molecular flexibility index (Phi) is 6.01. The molecule has 2 aromatic carbocycles. The van der Waals surface area contributed by atoms with Gasteiger partial charge in [-0.1, -0.05) is 40.6 Å². The number of carbonyl (C=O) groups is 1. The molecule has 0 fully saturated rings. The summed E-state index contributed by atoms with van der Waals surface area (Å²) in [6, 6.07) is 8.91. The Bertz CT molecular complexity index is 1210. The lowest BCUT2D eigenvalue weighted by molar-refractivity contribution is -0.137. The minimum absolute atomic E-state index is 0.1000. The van der Waals surface area contributed by atoms with Crippen molar-refractivity contribution in [1.82, 2.24) is 10.2 Å². The van der Waals surface area contributed by atoms with E-state index in [9.17, 15) is 26.4 Å². The zero-order valence-corrected chi connectivity index (χ0v) is 17.4. The predicted molar refractivity (Wildman–Crippen MR) is 106 cm³/mol. The molecule has 3 rings (SSSR count). The van der Waals surface area contributed by atoms with Gasteiger partial charge in [0.25, 0.3) is 20.3 Å². The summed E-state index contributed by atoms with van der Waals surface area (Å²) in [6.07, 6.45) is -4.68. The fourth-order valence-electron chi connectivity index (χ4n) is 2.29. The van der Waals surface area contributed by atoms with Gasteiger partial charge in [-0.3, -0.25) is 14.8 Å². The van der Waals surface area contributed by atoms with Gasteiger partial charge >= 0.3 is 6.18 Å². The number of rotatable bonds is 5. The molecule has 158 valence electrons. The van der Waals surface area contributed by atoms with Crippen LogP contribution in [0.2, 0.25) is 5.02 Å². The number of nitrogens with zero attached hydrogens (tertiary/aromatic N) is 2. The van der Waals surface area contributed by atoms with Gasteiger partial charge in [-0.25, -0.2) is 0 Å². The molecule has 3 aromatic rings. The number of sulfonamides is 1. The fraction of sp³-hybridized carbons (Fsp3) is 0.118. The van der Waals surface area contributed by atoms with Crippen LogP contribution in [0.5, 0.6) is 0 Å². The van der Waals surface area contributed by atoms with Crippen molar-refractivity contribution in [3.8, 4) is 0 Å². The molecule has 0 aliphatic carbocycles. The van der Waals surface area contributed by atoms with Crippen LogP contribution in [0, 0.1) is 6.92 Å². The summed E-state index contributed by atoms with van der Waals surface area (Å²) in [6.45, 7) is 1.80. The lowest BCUT2D eigenvalue weighted by atomic mass is 10.1.